The van der Waals surface area contributed by atoms with Crippen LogP contribution in [-0.2, 0) is 19.7 Å². The summed E-state index contributed by atoms with van der Waals surface area (Å²) >= 11 is 15.9. The molecule has 152 valence electrons. The Morgan fingerprint density at radius 2 is 1.69 bits per heavy atom. The average Bonchev–Trinajstić information content (AvgIpc) is 2.71. The second-order valence-electron chi connectivity index (χ2n) is 6.24. The third kappa shape index (κ3) is 5.43. The quantitative estimate of drug-likeness (QED) is 0.371. The molecule has 1 N–H and O–H groups in total. The SMILES string of the molecule is COc1ccc(Br)c(CNCc2ccccc2Cl)c1OCc1c(F)cccc1Cl. The first-order valence-electron chi connectivity index (χ1n) is 8.86. The molecule has 0 aliphatic rings. The van der Waals surface area contributed by atoms with Crippen LogP contribution >= 0.6 is 39.1 Å². The topological polar surface area (TPSA) is 30.5 Å². The number of rotatable bonds is 8. The molecule has 0 aliphatic heterocycles. The molecular weight excluding hydrogens is 480 g/mol. The zero-order chi connectivity index (χ0) is 20.8. The van der Waals surface area contributed by atoms with Gasteiger partial charge in [-0.15, -0.1) is 0 Å². The molecule has 0 atom stereocenters. The second kappa shape index (κ2) is 10.3. The highest BCUT2D eigenvalue weighted by Crippen LogP contribution is 2.37. The number of hydrogen-bond acceptors (Lipinski definition) is 3. The Morgan fingerprint density at radius 3 is 2.41 bits per heavy atom. The lowest BCUT2D eigenvalue weighted by molar-refractivity contribution is 0.276. The number of nitrogens with one attached hydrogen (secondary N) is 1. The van der Waals surface area contributed by atoms with Crippen molar-refractivity contribution in [2.24, 2.45) is 0 Å². The molecule has 0 unspecified atom stereocenters. The van der Waals surface area contributed by atoms with Crippen LogP contribution in [0.5, 0.6) is 11.5 Å². The van der Waals surface area contributed by atoms with Gasteiger partial charge < -0.3 is 14.8 Å². The summed E-state index contributed by atoms with van der Waals surface area (Å²) in [5, 5.41) is 4.38. The molecule has 0 saturated heterocycles. The van der Waals surface area contributed by atoms with Crippen LogP contribution in [0.1, 0.15) is 16.7 Å². The Labute approximate surface area is 187 Å². The number of benzene rings is 3. The highest BCUT2D eigenvalue weighted by Gasteiger charge is 2.16. The molecule has 29 heavy (non-hydrogen) atoms. The van der Waals surface area contributed by atoms with E-state index in [2.05, 4.69) is 21.2 Å². The summed E-state index contributed by atoms with van der Waals surface area (Å²) in [6.45, 7) is 1.06. The minimum absolute atomic E-state index is 0.0180. The van der Waals surface area contributed by atoms with Crippen molar-refractivity contribution in [1.82, 2.24) is 5.32 Å². The van der Waals surface area contributed by atoms with Gasteiger partial charge in [0.05, 0.1) is 12.1 Å². The predicted octanol–water partition coefficient (Wildman–Crippen LogP) is 6.77. The maximum atomic E-state index is 14.1. The Hall–Kier alpha value is -1.79. The minimum atomic E-state index is -0.412. The van der Waals surface area contributed by atoms with E-state index in [1.165, 1.54) is 6.07 Å². The molecule has 0 saturated carbocycles. The normalized spacial score (nSPS) is 10.8. The third-order valence-electron chi connectivity index (χ3n) is 4.38. The van der Waals surface area contributed by atoms with E-state index in [-0.39, 0.29) is 6.61 Å². The second-order valence-corrected chi connectivity index (χ2v) is 7.91. The molecular formula is C22H19BrCl2FNO2. The van der Waals surface area contributed by atoms with Crippen molar-refractivity contribution in [3.05, 3.63) is 91.6 Å². The van der Waals surface area contributed by atoms with E-state index < -0.39 is 5.82 Å². The molecule has 0 heterocycles. The van der Waals surface area contributed by atoms with Gasteiger partial charge in [-0.2, -0.15) is 0 Å². The maximum Gasteiger partial charge on any atom is 0.167 e. The summed E-state index contributed by atoms with van der Waals surface area (Å²) in [5.41, 5.74) is 2.14. The summed E-state index contributed by atoms with van der Waals surface area (Å²) in [7, 11) is 1.56. The van der Waals surface area contributed by atoms with E-state index >= 15 is 0 Å². The summed E-state index contributed by atoms with van der Waals surface area (Å²) in [4.78, 5) is 0. The van der Waals surface area contributed by atoms with E-state index in [0.717, 1.165) is 15.6 Å². The highest BCUT2D eigenvalue weighted by atomic mass is 79.9. The average molecular weight is 499 g/mol. The molecule has 3 nitrogen and oxygen atoms in total. The molecule has 3 rings (SSSR count). The third-order valence-corrected chi connectivity index (χ3v) is 5.85. The first-order valence-corrected chi connectivity index (χ1v) is 10.4. The zero-order valence-electron chi connectivity index (χ0n) is 15.6. The first kappa shape index (κ1) is 21.9. The number of hydrogen-bond donors (Lipinski definition) is 1. The van der Waals surface area contributed by atoms with Gasteiger partial charge in [-0.25, -0.2) is 4.39 Å². The molecule has 0 amide bonds. The number of methoxy groups -OCH3 is 1. The van der Waals surface area contributed by atoms with E-state index in [0.29, 0.717) is 40.2 Å². The number of halogens is 4. The molecule has 3 aromatic rings. The summed E-state index contributed by atoms with van der Waals surface area (Å²) in [5.74, 6) is 0.660. The Bertz CT molecular complexity index is 980. The molecule has 0 bridgehead atoms. The van der Waals surface area contributed by atoms with Gasteiger partial charge in [0.1, 0.15) is 12.4 Å². The van der Waals surface area contributed by atoms with Gasteiger partial charge in [0, 0.05) is 33.7 Å². The van der Waals surface area contributed by atoms with Gasteiger partial charge >= 0.3 is 0 Å². The zero-order valence-corrected chi connectivity index (χ0v) is 18.7. The van der Waals surface area contributed by atoms with Crippen LogP contribution in [0.2, 0.25) is 10.0 Å². The summed E-state index contributed by atoms with van der Waals surface area (Å²) in [6, 6.07) is 15.9. The molecule has 0 fully saturated rings. The van der Waals surface area contributed by atoms with Crippen LogP contribution in [0.25, 0.3) is 0 Å². The van der Waals surface area contributed by atoms with Crippen molar-refractivity contribution >= 4 is 39.1 Å². The minimum Gasteiger partial charge on any atom is -0.493 e. The first-order chi connectivity index (χ1) is 14.0. The van der Waals surface area contributed by atoms with E-state index in [4.69, 9.17) is 32.7 Å². The van der Waals surface area contributed by atoms with Crippen molar-refractivity contribution in [2.75, 3.05) is 7.11 Å². The highest BCUT2D eigenvalue weighted by molar-refractivity contribution is 9.10. The van der Waals surface area contributed by atoms with Gasteiger partial charge in [-0.3, -0.25) is 0 Å². The Balaban J connectivity index is 1.80. The lowest BCUT2D eigenvalue weighted by atomic mass is 10.1. The largest absolute Gasteiger partial charge is 0.493 e. The van der Waals surface area contributed by atoms with Crippen LogP contribution in [0.4, 0.5) is 4.39 Å². The fourth-order valence-corrected chi connectivity index (χ4v) is 3.72. The maximum absolute atomic E-state index is 14.1. The van der Waals surface area contributed by atoms with Gasteiger partial charge in [-0.05, 0) is 35.9 Å². The number of ether oxygens (including phenoxy) is 2. The van der Waals surface area contributed by atoms with Gasteiger partial charge in [-0.1, -0.05) is 63.4 Å². The van der Waals surface area contributed by atoms with Crippen molar-refractivity contribution < 1.29 is 13.9 Å². The Morgan fingerprint density at radius 1 is 0.931 bits per heavy atom. The molecule has 0 aromatic heterocycles. The van der Waals surface area contributed by atoms with Crippen LogP contribution in [0.15, 0.2) is 59.1 Å². The van der Waals surface area contributed by atoms with Crippen molar-refractivity contribution in [1.29, 1.82) is 0 Å². The fraction of sp³-hybridized carbons (Fsp3) is 0.182. The lowest BCUT2D eigenvalue weighted by Gasteiger charge is -2.18. The standard InChI is InChI=1S/C22H19BrCl2FNO2/c1-28-21-10-9-17(23)15(12-27-11-14-5-2-3-6-18(14)24)22(21)29-13-16-19(25)7-4-8-20(16)26/h2-10,27H,11-13H2,1H3. The van der Waals surface area contributed by atoms with Crippen LogP contribution in [-0.4, -0.2) is 7.11 Å². The molecule has 0 radical (unpaired) electrons. The monoisotopic (exact) mass is 497 g/mol. The molecule has 7 heteroatoms. The van der Waals surface area contributed by atoms with E-state index in [9.17, 15) is 4.39 Å². The van der Waals surface area contributed by atoms with E-state index in [1.54, 1.807) is 25.3 Å². The van der Waals surface area contributed by atoms with Crippen LogP contribution in [0.3, 0.4) is 0 Å². The smallest absolute Gasteiger partial charge is 0.167 e. The van der Waals surface area contributed by atoms with Crippen molar-refractivity contribution in [3.8, 4) is 11.5 Å². The van der Waals surface area contributed by atoms with Gasteiger partial charge in [0.2, 0.25) is 0 Å². The lowest BCUT2D eigenvalue weighted by Crippen LogP contribution is -2.15. The van der Waals surface area contributed by atoms with Crippen molar-refractivity contribution in [3.63, 3.8) is 0 Å². The molecule has 0 spiro atoms. The molecule has 0 aliphatic carbocycles. The van der Waals surface area contributed by atoms with Crippen molar-refractivity contribution in [2.45, 2.75) is 19.7 Å². The van der Waals surface area contributed by atoms with E-state index in [1.807, 2.05) is 30.3 Å². The fourth-order valence-electron chi connectivity index (χ4n) is 2.84. The van der Waals surface area contributed by atoms with Gasteiger partial charge in [0.15, 0.2) is 11.5 Å². The predicted molar refractivity (Wildman–Crippen MR) is 118 cm³/mol. The van der Waals surface area contributed by atoms with Crippen LogP contribution in [0, 0.1) is 5.82 Å². The summed E-state index contributed by atoms with van der Waals surface area (Å²) in [6.07, 6.45) is 0. The van der Waals surface area contributed by atoms with Crippen LogP contribution < -0.4 is 14.8 Å². The Kier molecular flexibility index (Phi) is 7.78. The van der Waals surface area contributed by atoms with Gasteiger partial charge in [0.25, 0.3) is 0 Å². The molecule has 3 aromatic carbocycles. The summed E-state index contributed by atoms with van der Waals surface area (Å²) < 4.78 is 26.4.